The zero-order chi connectivity index (χ0) is 15.9. The molecule has 1 aliphatic rings. The highest BCUT2D eigenvalue weighted by Gasteiger charge is 2.35. The highest BCUT2D eigenvalue weighted by Crippen LogP contribution is 2.39. The van der Waals surface area contributed by atoms with E-state index in [4.69, 9.17) is 5.11 Å². The van der Waals surface area contributed by atoms with E-state index in [1.165, 1.54) is 6.42 Å². The molecule has 1 saturated carbocycles. The Bertz CT molecular complexity index is 287. The van der Waals surface area contributed by atoms with Gasteiger partial charge in [-0.3, -0.25) is 4.90 Å². The van der Waals surface area contributed by atoms with E-state index in [-0.39, 0.29) is 18.6 Å². The van der Waals surface area contributed by atoms with E-state index in [2.05, 4.69) is 26.1 Å². The van der Waals surface area contributed by atoms with Crippen molar-refractivity contribution in [3.63, 3.8) is 0 Å². The van der Waals surface area contributed by atoms with E-state index in [1.54, 1.807) is 4.90 Å². The molecule has 0 aromatic heterocycles. The van der Waals surface area contributed by atoms with Crippen molar-refractivity contribution in [2.24, 2.45) is 11.3 Å². The van der Waals surface area contributed by atoms with Gasteiger partial charge in [-0.25, -0.2) is 8.78 Å². The van der Waals surface area contributed by atoms with Crippen molar-refractivity contribution in [3.8, 4) is 0 Å². The lowest BCUT2D eigenvalue weighted by Gasteiger charge is -2.43. The third-order valence-electron chi connectivity index (χ3n) is 4.48. The first-order valence-electron chi connectivity index (χ1n) is 8.22. The second-order valence-corrected chi connectivity index (χ2v) is 7.10. The minimum absolute atomic E-state index is 0.0596. The Hall–Kier alpha value is -0.260. The summed E-state index contributed by atoms with van der Waals surface area (Å²) in [5.41, 5.74) is 0.283. The number of aliphatic hydroxyl groups excluding tert-OH is 1. The third kappa shape index (κ3) is 7.02. The van der Waals surface area contributed by atoms with Crippen molar-refractivity contribution in [1.82, 2.24) is 10.2 Å². The van der Waals surface area contributed by atoms with Gasteiger partial charge in [0.15, 0.2) is 0 Å². The van der Waals surface area contributed by atoms with Gasteiger partial charge in [-0.2, -0.15) is 0 Å². The van der Waals surface area contributed by atoms with Gasteiger partial charge in [0.05, 0.1) is 13.2 Å². The number of aliphatic hydroxyl groups is 1. The minimum Gasteiger partial charge on any atom is -0.395 e. The molecule has 2 unspecified atom stereocenters. The van der Waals surface area contributed by atoms with Crippen LogP contribution in [0.15, 0.2) is 0 Å². The Kier molecular flexibility index (Phi) is 8.06. The lowest BCUT2D eigenvalue weighted by molar-refractivity contribution is 0.0464. The number of nitrogens with one attached hydrogen (secondary N) is 1. The molecule has 1 fully saturated rings. The SMILES string of the molecule is CCCNC1CCC(C)(C)CC1CN(CCO)CC(F)F. The molecule has 0 aromatic rings. The largest absolute Gasteiger partial charge is 0.395 e. The molecule has 0 radical (unpaired) electrons. The van der Waals surface area contributed by atoms with E-state index < -0.39 is 6.43 Å². The normalized spacial score (nSPS) is 25.7. The van der Waals surface area contributed by atoms with E-state index in [1.807, 2.05) is 0 Å². The first-order chi connectivity index (χ1) is 9.88. The Labute approximate surface area is 128 Å². The maximum Gasteiger partial charge on any atom is 0.251 e. The van der Waals surface area contributed by atoms with Crippen molar-refractivity contribution in [3.05, 3.63) is 0 Å². The number of alkyl halides is 2. The second kappa shape index (κ2) is 9.01. The summed E-state index contributed by atoms with van der Waals surface area (Å²) >= 11 is 0. The average molecular weight is 306 g/mol. The molecule has 126 valence electrons. The van der Waals surface area contributed by atoms with Crippen molar-refractivity contribution in [1.29, 1.82) is 0 Å². The molecule has 0 heterocycles. The standard InChI is InChI=1S/C16H32F2N2O/c1-4-7-19-14-5-6-16(2,3)10-13(14)11-20(8-9-21)12-15(17)18/h13-15,19,21H,4-12H2,1-3H3. The molecule has 2 atom stereocenters. The molecule has 0 saturated heterocycles. The van der Waals surface area contributed by atoms with Crippen LogP contribution in [0.5, 0.6) is 0 Å². The number of nitrogens with zero attached hydrogens (tertiary/aromatic N) is 1. The van der Waals surface area contributed by atoms with Crippen LogP contribution in [0.4, 0.5) is 8.78 Å². The van der Waals surface area contributed by atoms with E-state index >= 15 is 0 Å². The number of hydrogen-bond acceptors (Lipinski definition) is 3. The van der Waals surface area contributed by atoms with Crippen molar-refractivity contribution >= 4 is 0 Å². The quantitative estimate of drug-likeness (QED) is 0.687. The number of hydrogen-bond donors (Lipinski definition) is 2. The molecule has 2 N–H and O–H groups in total. The first kappa shape index (κ1) is 18.8. The minimum atomic E-state index is -2.34. The summed E-state index contributed by atoms with van der Waals surface area (Å²) in [4.78, 5) is 1.72. The van der Waals surface area contributed by atoms with Gasteiger partial charge in [-0.15, -0.1) is 0 Å². The van der Waals surface area contributed by atoms with Crippen LogP contribution in [0.25, 0.3) is 0 Å². The van der Waals surface area contributed by atoms with Gasteiger partial charge in [0.25, 0.3) is 6.43 Å². The van der Waals surface area contributed by atoms with Gasteiger partial charge in [-0.05, 0) is 43.6 Å². The molecule has 0 amide bonds. The average Bonchev–Trinajstić information content (AvgIpc) is 2.36. The molecule has 0 aromatic carbocycles. The van der Waals surface area contributed by atoms with Crippen LogP contribution in [0.3, 0.4) is 0 Å². The van der Waals surface area contributed by atoms with Gasteiger partial charge in [0, 0.05) is 19.1 Å². The summed E-state index contributed by atoms with van der Waals surface area (Å²) < 4.78 is 25.4. The molecule has 1 aliphatic carbocycles. The smallest absolute Gasteiger partial charge is 0.251 e. The zero-order valence-electron chi connectivity index (χ0n) is 13.7. The fourth-order valence-corrected chi connectivity index (χ4v) is 3.45. The van der Waals surface area contributed by atoms with Gasteiger partial charge in [-0.1, -0.05) is 20.8 Å². The molecule has 0 spiro atoms. The third-order valence-corrected chi connectivity index (χ3v) is 4.48. The molecule has 21 heavy (non-hydrogen) atoms. The molecular formula is C16H32F2N2O. The van der Waals surface area contributed by atoms with Crippen LogP contribution in [-0.4, -0.2) is 55.3 Å². The lowest BCUT2D eigenvalue weighted by atomic mass is 9.69. The Balaban J connectivity index is 2.65. The Morgan fingerprint density at radius 1 is 1.38 bits per heavy atom. The van der Waals surface area contributed by atoms with Gasteiger partial charge in [0.1, 0.15) is 0 Å². The summed E-state index contributed by atoms with van der Waals surface area (Å²) in [7, 11) is 0. The van der Waals surface area contributed by atoms with Crippen LogP contribution >= 0.6 is 0 Å². The van der Waals surface area contributed by atoms with Gasteiger partial charge < -0.3 is 10.4 Å². The first-order valence-corrected chi connectivity index (χ1v) is 8.22. The molecule has 0 aliphatic heterocycles. The molecule has 0 bridgehead atoms. The van der Waals surface area contributed by atoms with E-state index in [0.29, 0.717) is 25.0 Å². The molecule has 5 heteroatoms. The van der Waals surface area contributed by atoms with Crippen LogP contribution in [0.1, 0.15) is 46.5 Å². The Morgan fingerprint density at radius 3 is 2.67 bits per heavy atom. The number of rotatable bonds is 9. The molecular weight excluding hydrogens is 274 g/mol. The van der Waals surface area contributed by atoms with Gasteiger partial charge in [0.2, 0.25) is 0 Å². The fourth-order valence-electron chi connectivity index (χ4n) is 3.45. The van der Waals surface area contributed by atoms with E-state index in [0.717, 1.165) is 25.8 Å². The highest BCUT2D eigenvalue weighted by atomic mass is 19.3. The summed E-state index contributed by atoms with van der Waals surface area (Å²) in [6.45, 7) is 8.34. The van der Waals surface area contributed by atoms with Crippen LogP contribution < -0.4 is 5.32 Å². The van der Waals surface area contributed by atoms with Crippen LogP contribution in [-0.2, 0) is 0 Å². The maximum absolute atomic E-state index is 12.7. The van der Waals surface area contributed by atoms with Crippen molar-refractivity contribution < 1.29 is 13.9 Å². The summed E-state index contributed by atoms with van der Waals surface area (Å²) in [6.07, 6.45) is 2.10. The molecule has 3 nitrogen and oxygen atoms in total. The highest BCUT2D eigenvalue weighted by molar-refractivity contribution is 4.90. The molecule has 1 rings (SSSR count). The second-order valence-electron chi connectivity index (χ2n) is 7.10. The van der Waals surface area contributed by atoms with Crippen LogP contribution in [0, 0.1) is 11.3 Å². The van der Waals surface area contributed by atoms with E-state index in [9.17, 15) is 8.78 Å². The fraction of sp³-hybridized carbons (Fsp3) is 1.00. The summed E-state index contributed by atoms with van der Waals surface area (Å²) in [5.74, 6) is 0.380. The zero-order valence-corrected chi connectivity index (χ0v) is 13.7. The summed E-state index contributed by atoms with van der Waals surface area (Å²) in [6, 6.07) is 0.414. The van der Waals surface area contributed by atoms with Crippen LogP contribution in [0.2, 0.25) is 0 Å². The van der Waals surface area contributed by atoms with Gasteiger partial charge >= 0.3 is 0 Å². The Morgan fingerprint density at radius 2 is 2.10 bits per heavy atom. The monoisotopic (exact) mass is 306 g/mol. The predicted octanol–water partition coefficient (Wildman–Crippen LogP) is 2.74. The topological polar surface area (TPSA) is 35.5 Å². The lowest BCUT2D eigenvalue weighted by Crippen LogP contribution is -2.48. The van der Waals surface area contributed by atoms with Crippen molar-refractivity contribution in [2.45, 2.75) is 58.9 Å². The maximum atomic E-state index is 12.7. The number of halogens is 2. The summed E-state index contributed by atoms with van der Waals surface area (Å²) in [5, 5.41) is 12.7. The van der Waals surface area contributed by atoms with Crippen molar-refractivity contribution in [2.75, 3.05) is 32.8 Å². The predicted molar refractivity (Wildman–Crippen MR) is 82.7 cm³/mol.